The molecule has 0 unspecified atom stereocenters. The number of pyridine rings is 1. The van der Waals surface area contributed by atoms with Gasteiger partial charge in [-0.25, -0.2) is 4.98 Å². The molecule has 0 fully saturated rings. The van der Waals surface area contributed by atoms with Gasteiger partial charge in [-0.2, -0.15) is 0 Å². The highest BCUT2D eigenvalue weighted by Gasteiger charge is 1.96. The fraction of sp³-hybridized carbons (Fsp3) is 0.500. The van der Waals surface area contributed by atoms with E-state index in [9.17, 15) is 0 Å². The molecule has 14 heavy (non-hydrogen) atoms. The molecule has 0 aliphatic carbocycles. The molecule has 1 N–H and O–H groups in total. The Labute approximate surface area is 93.0 Å². The second kappa shape index (κ2) is 6.79. The van der Waals surface area contributed by atoms with Crippen LogP contribution >= 0.6 is 15.9 Å². The highest BCUT2D eigenvalue weighted by atomic mass is 79.9. The number of ether oxygens (including phenoxy) is 1. The van der Waals surface area contributed by atoms with Gasteiger partial charge in [-0.15, -0.1) is 0 Å². The third-order valence-corrected chi connectivity index (χ3v) is 2.34. The van der Waals surface area contributed by atoms with Crippen molar-refractivity contribution in [1.29, 1.82) is 0 Å². The minimum absolute atomic E-state index is 0.671. The highest BCUT2D eigenvalue weighted by Crippen LogP contribution is 2.05. The van der Waals surface area contributed by atoms with Crippen LogP contribution in [0.1, 0.15) is 12.1 Å². The molecule has 3 nitrogen and oxygen atoms in total. The van der Waals surface area contributed by atoms with Gasteiger partial charge in [-0.05, 0) is 19.0 Å². The SMILES string of the molecule is COc1cccc(CNCCCBr)n1. The first-order valence-electron chi connectivity index (χ1n) is 4.63. The van der Waals surface area contributed by atoms with Gasteiger partial charge in [-0.1, -0.05) is 22.0 Å². The number of aromatic nitrogens is 1. The van der Waals surface area contributed by atoms with Crippen LogP contribution in [-0.4, -0.2) is 24.0 Å². The van der Waals surface area contributed by atoms with Crippen LogP contribution in [0.4, 0.5) is 0 Å². The molecule has 78 valence electrons. The summed E-state index contributed by atoms with van der Waals surface area (Å²) in [5.74, 6) is 0.671. The van der Waals surface area contributed by atoms with E-state index >= 15 is 0 Å². The van der Waals surface area contributed by atoms with E-state index in [0.29, 0.717) is 5.88 Å². The average molecular weight is 259 g/mol. The Morgan fingerprint density at radius 2 is 2.36 bits per heavy atom. The fourth-order valence-electron chi connectivity index (χ4n) is 1.08. The summed E-state index contributed by atoms with van der Waals surface area (Å²) in [6, 6.07) is 5.79. The van der Waals surface area contributed by atoms with Crippen molar-refractivity contribution in [1.82, 2.24) is 10.3 Å². The molecular weight excluding hydrogens is 244 g/mol. The summed E-state index contributed by atoms with van der Waals surface area (Å²) in [5, 5.41) is 4.34. The number of rotatable bonds is 6. The zero-order chi connectivity index (χ0) is 10.2. The van der Waals surface area contributed by atoms with Crippen molar-refractivity contribution in [3.8, 4) is 5.88 Å². The maximum atomic E-state index is 5.04. The van der Waals surface area contributed by atoms with Gasteiger partial charge in [0.25, 0.3) is 0 Å². The van der Waals surface area contributed by atoms with Gasteiger partial charge >= 0.3 is 0 Å². The minimum Gasteiger partial charge on any atom is -0.481 e. The molecule has 0 atom stereocenters. The number of nitrogens with zero attached hydrogens (tertiary/aromatic N) is 1. The number of hydrogen-bond donors (Lipinski definition) is 1. The molecule has 0 radical (unpaired) electrons. The molecule has 0 bridgehead atoms. The number of halogens is 1. The average Bonchev–Trinajstić information content (AvgIpc) is 2.25. The third-order valence-electron chi connectivity index (χ3n) is 1.78. The second-order valence-electron chi connectivity index (χ2n) is 2.89. The maximum Gasteiger partial charge on any atom is 0.213 e. The maximum absolute atomic E-state index is 5.04. The standard InChI is InChI=1S/C10H15BrN2O/c1-14-10-5-2-4-9(13-10)8-12-7-3-6-11/h2,4-5,12H,3,6-8H2,1H3. The summed E-state index contributed by atoms with van der Waals surface area (Å²) in [4.78, 5) is 4.29. The number of hydrogen-bond acceptors (Lipinski definition) is 3. The molecular formula is C10H15BrN2O. The molecule has 1 rings (SSSR count). The Bertz CT molecular complexity index is 268. The second-order valence-corrected chi connectivity index (χ2v) is 3.68. The Balaban J connectivity index is 2.34. The third kappa shape index (κ3) is 4.07. The Morgan fingerprint density at radius 3 is 3.07 bits per heavy atom. The zero-order valence-electron chi connectivity index (χ0n) is 8.29. The molecule has 4 heteroatoms. The topological polar surface area (TPSA) is 34.1 Å². The normalized spacial score (nSPS) is 10.1. The van der Waals surface area contributed by atoms with Gasteiger partial charge < -0.3 is 10.1 Å². The van der Waals surface area contributed by atoms with Gasteiger partial charge in [0.2, 0.25) is 5.88 Å². The lowest BCUT2D eigenvalue weighted by molar-refractivity contribution is 0.395. The molecule has 0 amide bonds. The van der Waals surface area contributed by atoms with E-state index in [4.69, 9.17) is 4.74 Å². The highest BCUT2D eigenvalue weighted by molar-refractivity contribution is 9.09. The summed E-state index contributed by atoms with van der Waals surface area (Å²) < 4.78 is 5.04. The Kier molecular flexibility index (Phi) is 5.56. The van der Waals surface area contributed by atoms with Gasteiger partial charge in [0.1, 0.15) is 0 Å². The van der Waals surface area contributed by atoms with Gasteiger partial charge in [0.15, 0.2) is 0 Å². The van der Waals surface area contributed by atoms with E-state index < -0.39 is 0 Å². The molecule has 1 heterocycles. The van der Waals surface area contributed by atoms with E-state index in [0.717, 1.165) is 30.5 Å². The van der Waals surface area contributed by atoms with Crippen LogP contribution in [0.3, 0.4) is 0 Å². The van der Waals surface area contributed by atoms with Crippen molar-refractivity contribution < 1.29 is 4.74 Å². The summed E-state index contributed by atoms with van der Waals surface area (Å²) in [5.41, 5.74) is 1.01. The van der Waals surface area contributed by atoms with Crippen LogP contribution in [0.2, 0.25) is 0 Å². The van der Waals surface area contributed by atoms with Crippen LogP contribution in [0.15, 0.2) is 18.2 Å². The van der Waals surface area contributed by atoms with Crippen LogP contribution in [-0.2, 0) is 6.54 Å². The van der Waals surface area contributed by atoms with Crippen molar-refractivity contribution >= 4 is 15.9 Å². The quantitative estimate of drug-likeness (QED) is 0.626. The molecule has 0 aliphatic rings. The lowest BCUT2D eigenvalue weighted by Crippen LogP contribution is -2.15. The molecule has 1 aromatic rings. The fourth-order valence-corrected chi connectivity index (χ4v) is 1.36. The summed E-state index contributed by atoms with van der Waals surface area (Å²) in [6.45, 7) is 1.80. The lowest BCUT2D eigenvalue weighted by atomic mass is 10.3. The van der Waals surface area contributed by atoms with Crippen LogP contribution in [0, 0.1) is 0 Å². The predicted octanol–water partition coefficient (Wildman–Crippen LogP) is 1.96. The van der Waals surface area contributed by atoms with Gasteiger partial charge in [0.05, 0.1) is 12.8 Å². The summed E-state index contributed by atoms with van der Waals surface area (Å²) in [7, 11) is 1.63. The van der Waals surface area contributed by atoms with E-state index in [1.54, 1.807) is 7.11 Å². The van der Waals surface area contributed by atoms with E-state index in [2.05, 4.69) is 26.2 Å². The van der Waals surface area contributed by atoms with Crippen molar-refractivity contribution in [2.24, 2.45) is 0 Å². The first-order chi connectivity index (χ1) is 6.86. The summed E-state index contributed by atoms with van der Waals surface area (Å²) in [6.07, 6.45) is 1.13. The van der Waals surface area contributed by atoms with E-state index in [1.807, 2.05) is 18.2 Å². The van der Waals surface area contributed by atoms with Crippen molar-refractivity contribution in [2.75, 3.05) is 19.0 Å². The largest absolute Gasteiger partial charge is 0.481 e. The Morgan fingerprint density at radius 1 is 1.50 bits per heavy atom. The molecule has 0 aromatic carbocycles. The van der Waals surface area contributed by atoms with Crippen LogP contribution in [0.25, 0.3) is 0 Å². The Hall–Kier alpha value is -0.610. The first kappa shape index (κ1) is 11.5. The van der Waals surface area contributed by atoms with Crippen molar-refractivity contribution in [3.05, 3.63) is 23.9 Å². The van der Waals surface area contributed by atoms with Crippen molar-refractivity contribution in [2.45, 2.75) is 13.0 Å². The summed E-state index contributed by atoms with van der Waals surface area (Å²) >= 11 is 3.38. The first-order valence-corrected chi connectivity index (χ1v) is 5.75. The van der Waals surface area contributed by atoms with Crippen LogP contribution < -0.4 is 10.1 Å². The number of alkyl halides is 1. The molecule has 0 saturated carbocycles. The smallest absolute Gasteiger partial charge is 0.213 e. The molecule has 0 spiro atoms. The minimum atomic E-state index is 0.671. The van der Waals surface area contributed by atoms with Crippen molar-refractivity contribution in [3.63, 3.8) is 0 Å². The van der Waals surface area contributed by atoms with Gasteiger partial charge in [0, 0.05) is 17.9 Å². The predicted molar refractivity (Wildman–Crippen MR) is 60.9 cm³/mol. The van der Waals surface area contributed by atoms with Gasteiger partial charge in [-0.3, -0.25) is 0 Å². The lowest BCUT2D eigenvalue weighted by Gasteiger charge is -2.04. The molecule has 0 aliphatic heterocycles. The molecule has 1 aromatic heterocycles. The van der Waals surface area contributed by atoms with E-state index in [-0.39, 0.29) is 0 Å². The molecule has 0 saturated heterocycles. The van der Waals surface area contributed by atoms with E-state index in [1.165, 1.54) is 0 Å². The zero-order valence-corrected chi connectivity index (χ0v) is 9.88. The number of nitrogens with one attached hydrogen (secondary N) is 1. The number of methoxy groups -OCH3 is 1. The monoisotopic (exact) mass is 258 g/mol. The van der Waals surface area contributed by atoms with Crippen LogP contribution in [0.5, 0.6) is 5.88 Å².